The molecule has 2 bridgehead atoms. The fourth-order valence-electron chi connectivity index (χ4n) is 6.03. The van der Waals surface area contributed by atoms with Crippen LogP contribution in [-0.4, -0.2) is 37.5 Å². The Morgan fingerprint density at radius 3 is 2.85 bits per heavy atom. The molecule has 1 amide bonds. The van der Waals surface area contributed by atoms with Crippen molar-refractivity contribution < 1.29 is 6.22 Å². The summed E-state index contributed by atoms with van der Waals surface area (Å²) in [7, 11) is 1.73. The number of hydrogen-bond donors (Lipinski definition) is 1. The number of piperidine rings is 1. The van der Waals surface area contributed by atoms with Crippen LogP contribution in [0.25, 0.3) is 5.57 Å². The van der Waals surface area contributed by atoms with Gasteiger partial charge in [0.2, 0.25) is 0 Å². The Morgan fingerprint density at radius 1 is 1.22 bits per heavy atom. The smallest absolute Gasteiger partial charge is 0.251 e. The number of carbonyl (C=O) groups excluding carboxylic acids is 1. The van der Waals surface area contributed by atoms with E-state index in [2.05, 4.69) is 52.7 Å². The minimum absolute atomic E-state index is 0. The Balaban J connectivity index is 0.00000192. The van der Waals surface area contributed by atoms with E-state index in [1.807, 2.05) is 0 Å². The molecule has 3 atom stereocenters. The Bertz CT molecular complexity index is 807. The molecule has 1 aromatic rings. The minimum atomic E-state index is 0. The van der Waals surface area contributed by atoms with E-state index < -0.39 is 0 Å². The van der Waals surface area contributed by atoms with Crippen LogP contribution in [0.3, 0.4) is 0 Å². The summed E-state index contributed by atoms with van der Waals surface area (Å²) < 4.78 is 0. The molecule has 2 fully saturated rings. The summed E-state index contributed by atoms with van der Waals surface area (Å²) in [6.07, 6.45) is 13.7. The van der Waals surface area contributed by atoms with E-state index in [9.17, 15) is 4.79 Å². The summed E-state index contributed by atoms with van der Waals surface area (Å²) in [6.45, 7) is 3.54. The first-order valence-electron chi connectivity index (χ1n) is 10.6. The zero-order chi connectivity index (χ0) is 18.4. The Morgan fingerprint density at radius 2 is 2.04 bits per heavy atom. The lowest BCUT2D eigenvalue weighted by atomic mass is 9.74. The van der Waals surface area contributed by atoms with Crippen LogP contribution in [0.5, 0.6) is 0 Å². The summed E-state index contributed by atoms with van der Waals surface area (Å²) in [6, 6.07) is 8.53. The van der Waals surface area contributed by atoms with Gasteiger partial charge in [0.05, 0.1) is 0 Å². The molecule has 0 radical (unpaired) electrons. The molecule has 27 heavy (non-hydrogen) atoms. The third-order valence-corrected chi connectivity index (χ3v) is 7.61. The number of likely N-dealkylation sites (tertiary alicyclic amines) is 1. The average Bonchev–Trinajstić information content (AvgIpc) is 3.25. The number of benzene rings is 1. The number of rotatable bonds is 3. The van der Waals surface area contributed by atoms with Crippen LogP contribution in [0.2, 0.25) is 0 Å². The van der Waals surface area contributed by atoms with Crippen molar-refractivity contribution >= 4 is 11.5 Å². The number of carbonyl (C=O) groups is 1. The summed E-state index contributed by atoms with van der Waals surface area (Å²) in [4.78, 5) is 15.1. The number of nitrogens with zero attached hydrogens (tertiary/aromatic N) is 1. The molecule has 4 aliphatic rings. The van der Waals surface area contributed by atoms with Crippen LogP contribution in [0.1, 0.15) is 44.7 Å². The Labute approximate surface area is 164 Å². The highest BCUT2D eigenvalue weighted by atomic mass is 16.1. The molecule has 3 nitrogen and oxygen atoms in total. The number of fused-ring (bicyclic) bond motifs is 4. The SMILES string of the molecule is CNC(=O)C1=CC2(CCN(CC3CCC4C=CC3C4)CC2)c2ccccc21.[HH]. The van der Waals surface area contributed by atoms with E-state index in [1.54, 1.807) is 7.05 Å². The van der Waals surface area contributed by atoms with Crippen molar-refractivity contribution in [2.24, 2.45) is 17.8 Å². The summed E-state index contributed by atoms with van der Waals surface area (Å²) >= 11 is 0. The molecular formula is C24H32N2O. The van der Waals surface area contributed by atoms with Gasteiger partial charge in [-0.15, -0.1) is 0 Å². The molecule has 1 aliphatic heterocycles. The third-order valence-electron chi connectivity index (χ3n) is 7.61. The number of allylic oxidation sites excluding steroid dienone is 3. The molecule has 3 aliphatic carbocycles. The highest BCUT2D eigenvalue weighted by molar-refractivity contribution is 6.21. The van der Waals surface area contributed by atoms with Crippen LogP contribution in [0.15, 0.2) is 42.5 Å². The Kier molecular flexibility index (Phi) is 4.23. The molecule has 0 aromatic heterocycles. The molecule has 5 rings (SSSR count). The normalized spacial score (nSPS) is 31.0. The van der Waals surface area contributed by atoms with Gasteiger partial charge in [0.15, 0.2) is 0 Å². The van der Waals surface area contributed by atoms with E-state index in [0.717, 1.165) is 54.8 Å². The highest BCUT2D eigenvalue weighted by Gasteiger charge is 2.42. The number of likely N-dealkylation sites (N-methyl/N-ethyl adjacent to an activating group) is 1. The second-order valence-corrected chi connectivity index (χ2v) is 9.02. The fraction of sp³-hybridized carbons (Fsp3) is 0.542. The zero-order valence-corrected chi connectivity index (χ0v) is 16.3. The van der Waals surface area contributed by atoms with Gasteiger partial charge in [0, 0.05) is 26.0 Å². The average molecular weight is 365 g/mol. The predicted octanol–water partition coefficient (Wildman–Crippen LogP) is 4.01. The molecule has 1 spiro atoms. The maximum Gasteiger partial charge on any atom is 0.251 e. The molecule has 1 aromatic carbocycles. The molecular weight excluding hydrogens is 332 g/mol. The van der Waals surface area contributed by atoms with Gasteiger partial charge < -0.3 is 10.2 Å². The summed E-state index contributed by atoms with van der Waals surface area (Å²) in [5.74, 6) is 2.60. The van der Waals surface area contributed by atoms with E-state index in [-0.39, 0.29) is 12.7 Å². The molecule has 1 saturated carbocycles. The van der Waals surface area contributed by atoms with Crippen molar-refractivity contribution in [2.75, 3.05) is 26.7 Å². The van der Waals surface area contributed by atoms with Crippen LogP contribution < -0.4 is 5.32 Å². The monoisotopic (exact) mass is 364 g/mol. The highest BCUT2D eigenvalue weighted by Crippen LogP contribution is 2.47. The third kappa shape index (κ3) is 2.87. The van der Waals surface area contributed by atoms with Gasteiger partial charge in [0.1, 0.15) is 0 Å². The van der Waals surface area contributed by atoms with Crippen molar-refractivity contribution in [2.45, 2.75) is 37.5 Å². The van der Waals surface area contributed by atoms with Crippen LogP contribution in [0, 0.1) is 17.8 Å². The molecule has 3 unspecified atom stereocenters. The lowest BCUT2D eigenvalue weighted by Crippen LogP contribution is -2.44. The van der Waals surface area contributed by atoms with E-state index >= 15 is 0 Å². The maximum absolute atomic E-state index is 12.4. The summed E-state index contributed by atoms with van der Waals surface area (Å²) in [5.41, 5.74) is 3.43. The van der Waals surface area contributed by atoms with Gasteiger partial charge in [-0.25, -0.2) is 0 Å². The van der Waals surface area contributed by atoms with Crippen LogP contribution in [-0.2, 0) is 10.2 Å². The van der Waals surface area contributed by atoms with Crippen LogP contribution in [0.4, 0.5) is 0 Å². The second kappa shape index (κ2) is 6.63. The van der Waals surface area contributed by atoms with Gasteiger partial charge in [-0.3, -0.25) is 4.79 Å². The first-order valence-corrected chi connectivity index (χ1v) is 10.6. The van der Waals surface area contributed by atoms with Crippen molar-refractivity contribution in [1.82, 2.24) is 10.2 Å². The molecule has 1 saturated heterocycles. The topological polar surface area (TPSA) is 32.3 Å². The summed E-state index contributed by atoms with van der Waals surface area (Å²) in [5, 5.41) is 2.82. The van der Waals surface area contributed by atoms with Crippen molar-refractivity contribution in [3.63, 3.8) is 0 Å². The van der Waals surface area contributed by atoms with E-state index in [4.69, 9.17) is 0 Å². The minimum Gasteiger partial charge on any atom is -0.355 e. The molecule has 3 heteroatoms. The van der Waals surface area contributed by atoms with Crippen LogP contribution >= 0.6 is 0 Å². The van der Waals surface area contributed by atoms with Gasteiger partial charge in [0.25, 0.3) is 5.91 Å². The lowest BCUT2D eigenvalue weighted by molar-refractivity contribution is -0.115. The Hall–Kier alpha value is -1.87. The largest absolute Gasteiger partial charge is 0.355 e. The zero-order valence-electron chi connectivity index (χ0n) is 16.3. The van der Waals surface area contributed by atoms with Crippen molar-refractivity contribution in [1.29, 1.82) is 0 Å². The quantitative estimate of drug-likeness (QED) is 0.822. The number of hydrogen-bond acceptors (Lipinski definition) is 2. The van der Waals surface area contributed by atoms with Gasteiger partial charge in [-0.05, 0) is 74.1 Å². The maximum atomic E-state index is 12.4. The van der Waals surface area contributed by atoms with E-state index in [0.29, 0.717) is 0 Å². The fourth-order valence-corrected chi connectivity index (χ4v) is 6.03. The first-order chi connectivity index (χ1) is 13.2. The van der Waals surface area contributed by atoms with Crippen molar-refractivity contribution in [3.05, 3.63) is 53.6 Å². The van der Waals surface area contributed by atoms with Gasteiger partial charge in [-0.1, -0.05) is 42.5 Å². The first kappa shape index (κ1) is 17.2. The molecule has 1 N–H and O–H groups in total. The van der Waals surface area contributed by atoms with E-state index in [1.165, 1.54) is 31.4 Å². The molecule has 144 valence electrons. The number of amides is 1. The van der Waals surface area contributed by atoms with Crippen molar-refractivity contribution in [3.8, 4) is 0 Å². The van der Waals surface area contributed by atoms with Gasteiger partial charge in [-0.2, -0.15) is 0 Å². The number of nitrogens with one attached hydrogen (secondary N) is 1. The molecule has 1 heterocycles. The second-order valence-electron chi connectivity index (χ2n) is 9.02. The lowest BCUT2D eigenvalue weighted by Gasteiger charge is -2.41. The standard InChI is InChI=1S/C24H30N2O.H2/c1-25-23(27)21-15-24(22-5-3-2-4-20(21)22)10-12-26(13-11-24)16-19-9-7-17-6-8-18(19)14-17;/h2-6,8,15,17-19H,7,9-14,16H2,1H3,(H,25,27);1H. The van der Waals surface area contributed by atoms with Gasteiger partial charge >= 0.3 is 0 Å². The predicted molar refractivity (Wildman–Crippen MR) is 111 cm³/mol.